The van der Waals surface area contributed by atoms with E-state index in [-0.39, 0.29) is 5.78 Å². The van der Waals surface area contributed by atoms with E-state index < -0.39 is 0 Å². The lowest BCUT2D eigenvalue weighted by Gasteiger charge is -1.91. The number of hydrogen-bond donors (Lipinski definition) is 0. The van der Waals surface area contributed by atoms with Gasteiger partial charge in [0.05, 0.1) is 14.9 Å². The maximum absolute atomic E-state index is 11.1. The van der Waals surface area contributed by atoms with Crippen LogP contribution < -0.4 is 0 Å². The number of thiophene rings is 1. The van der Waals surface area contributed by atoms with Crippen molar-refractivity contribution in [2.24, 2.45) is 0 Å². The average Bonchev–Trinajstić information content (AvgIpc) is 2.32. The van der Waals surface area contributed by atoms with Gasteiger partial charge in [0.25, 0.3) is 0 Å². The fourth-order valence-corrected chi connectivity index (χ4v) is 2.14. The summed E-state index contributed by atoms with van der Waals surface area (Å²) in [6.07, 6.45) is 0.469. The number of halogens is 2. The predicted molar refractivity (Wildman–Crippen MR) is 49.0 cm³/mol. The quantitative estimate of drug-likeness (QED) is 0.679. The van der Waals surface area contributed by atoms with Crippen LogP contribution in [0.4, 0.5) is 0 Å². The maximum Gasteiger partial charge on any atom is 0.174 e. The van der Waals surface area contributed by atoms with Crippen LogP contribution >= 0.6 is 34.5 Å². The third-order valence-electron chi connectivity index (χ3n) is 1.26. The molecule has 0 N–H and O–H groups in total. The van der Waals surface area contributed by atoms with Crippen molar-refractivity contribution in [1.29, 1.82) is 0 Å². The Morgan fingerprint density at radius 3 is 2.64 bits per heavy atom. The van der Waals surface area contributed by atoms with Gasteiger partial charge in [-0.05, 0) is 0 Å². The molecule has 1 rings (SSSR count). The minimum Gasteiger partial charge on any atom is -0.293 e. The zero-order valence-corrected chi connectivity index (χ0v) is 8.19. The van der Waals surface area contributed by atoms with Crippen LogP contribution in [0.1, 0.15) is 23.0 Å². The molecule has 1 heterocycles. The summed E-state index contributed by atoms with van der Waals surface area (Å²) in [6.45, 7) is 1.80. The fourth-order valence-electron chi connectivity index (χ4n) is 0.671. The lowest BCUT2D eigenvalue weighted by atomic mass is 10.3. The Kier molecular flexibility index (Phi) is 2.93. The monoisotopic (exact) mass is 208 g/mol. The number of ketones is 1. The standard InChI is InChI=1S/C7H6Cl2OS/c1-2-5(10)7-6(9)4(8)3-11-7/h3H,2H2,1H3. The first kappa shape index (κ1) is 9.04. The summed E-state index contributed by atoms with van der Waals surface area (Å²) in [4.78, 5) is 11.7. The molecule has 60 valence electrons. The van der Waals surface area contributed by atoms with E-state index in [1.54, 1.807) is 12.3 Å². The Balaban J connectivity index is 3.04. The maximum atomic E-state index is 11.1. The third-order valence-corrected chi connectivity index (χ3v) is 3.31. The molecule has 0 atom stereocenters. The van der Waals surface area contributed by atoms with Crippen molar-refractivity contribution in [2.45, 2.75) is 13.3 Å². The minimum absolute atomic E-state index is 0.0481. The Morgan fingerprint density at radius 1 is 1.64 bits per heavy atom. The second-order valence-electron chi connectivity index (χ2n) is 2.00. The SMILES string of the molecule is CCC(=O)c1scc(Cl)c1Cl. The zero-order chi connectivity index (χ0) is 8.43. The summed E-state index contributed by atoms with van der Waals surface area (Å²) in [5.74, 6) is 0.0481. The van der Waals surface area contributed by atoms with E-state index in [9.17, 15) is 4.79 Å². The Labute approximate surface area is 78.9 Å². The molecule has 0 unspecified atom stereocenters. The minimum atomic E-state index is 0.0481. The lowest BCUT2D eigenvalue weighted by molar-refractivity contribution is 0.0992. The van der Waals surface area contributed by atoms with Gasteiger partial charge in [-0.15, -0.1) is 11.3 Å². The highest BCUT2D eigenvalue weighted by Crippen LogP contribution is 2.32. The zero-order valence-electron chi connectivity index (χ0n) is 5.86. The third kappa shape index (κ3) is 1.75. The van der Waals surface area contributed by atoms with E-state index in [2.05, 4.69) is 0 Å². The van der Waals surface area contributed by atoms with Crippen molar-refractivity contribution in [3.05, 3.63) is 20.3 Å². The number of hydrogen-bond acceptors (Lipinski definition) is 2. The number of rotatable bonds is 2. The van der Waals surface area contributed by atoms with Crippen molar-refractivity contribution < 1.29 is 4.79 Å². The Morgan fingerprint density at radius 2 is 2.27 bits per heavy atom. The van der Waals surface area contributed by atoms with Gasteiger partial charge in [0.2, 0.25) is 0 Å². The van der Waals surface area contributed by atoms with E-state index in [1.807, 2.05) is 0 Å². The predicted octanol–water partition coefficient (Wildman–Crippen LogP) is 3.65. The molecule has 0 fully saturated rings. The van der Waals surface area contributed by atoms with Gasteiger partial charge in [-0.2, -0.15) is 0 Å². The molecule has 1 nitrogen and oxygen atoms in total. The number of carbonyl (C=O) groups is 1. The van der Waals surface area contributed by atoms with Crippen molar-refractivity contribution in [3.63, 3.8) is 0 Å². The molecule has 0 aliphatic rings. The van der Waals surface area contributed by atoms with E-state index in [0.717, 1.165) is 0 Å². The molecule has 0 aliphatic heterocycles. The first-order valence-electron chi connectivity index (χ1n) is 3.12. The molecular weight excluding hydrogens is 203 g/mol. The molecule has 0 radical (unpaired) electrons. The molecule has 1 aromatic heterocycles. The van der Waals surface area contributed by atoms with Gasteiger partial charge >= 0.3 is 0 Å². The van der Waals surface area contributed by atoms with Crippen molar-refractivity contribution in [1.82, 2.24) is 0 Å². The van der Waals surface area contributed by atoms with Gasteiger partial charge < -0.3 is 0 Å². The molecule has 11 heavy (non-hydrogen) atoms. The van der Waals surface area contributed by atoms with Gasteiger partial charge in [-0.1, -0.05) is 30.1 Å². The van der Waals surface area contributed by atoms with Crippen LogP contribution in [0.2, 0.25) is 10.0 Å². The summed E-state index contributed by atoms with van der Waals surface area (Å²) in [5, 5.41) is 2.53. The van der Waals surface area contributed by atoms with Crippen LogP contribution in [0.15, 0.2) is 5.38 Å². The van der Waals surface area contributed by atoms with Gasteiger partial charge in [0.1, 0.15) is 0 Å². The second-order valence-corrected chi connectivity index (χ2v) is 3.67. The van der Waals surface area contributed by atoms with Crippen LogP contribution in [0.25, 0.3) is 0 Å². The van der Waals surface area contributed by atoms with Crippen molar-refractivity contribution >= 4 is 40.3 Å². The molecule has 0 bridgehead atoms. The molecule has 1 aromatic rings. The normalized spacial score (nSPS) is 10.1. The summed E-state index contributed by atoms with van der Waals surface area (Å²) >= 11 is 12.7. The van der Waals surface area contributed by atoms with E-state index in [0.29, 0.717) is 21.3 Å². The smallest absolute Gasteiger partial charge is 0.174 e. The second kappa shape index (κ2) is 3.57. The van der Waals surface area contributed by atoms with Gasteiger partial charge in [-0.3, -0.25) is 4.79 Å². The molecule has 4 heteroatoms. The van der Waals surface area contributed by atoms with Gasteiger partial charge in [0.15, 0.2) is 5.78 Å². The summed E-state index contributed by atoms with van der Waals surface area (Å²) in [7, 11) is 0. The van der Waals surface area contributed by atoms with Crippen LogP contribution in [-0.4, -0.2) is 5.78 Å². The van der Waals surface area contributed by atoms with Crippen molar-refractivity contribution in [3.8, 4) is 0 Å². The first-order chi connectivity index (χ1) is 5.16. The summed E-state index contributed by atoms with van der Waals surface area (Å²) in [5.41, 5.74) is 0. The van der Waals surface area contributed by atoms with Crippen molar-refractivity contribution in [2.75, 3.05) is 0 Å². The largest absolute Gasteiger partial charge is 0.293 e. The summed E-state index contributed by atoms with van der Waals surface area (Å²) < 4.78 is 0. The molecule has 0 saturated carbocycles. The number of carbonyl (C=O) groups excluding carboxylic acids is 1. The van der Waals surface area contributed by atoms with E-state index >= 15 is 0 Å². The molecule has 0 spiro atoms. The fraction of sp³-hybridized carbons (Fsp3) is 0.286. The van der Waals surface area contributed by atoms with Gasteiger partial charge in [-0.25, -0.2) is 0 Å². The van der Waals surface area contributed by atoms with Crippen LogP contribution in [0.5, 0.6) is 0 Å². The van der Waals surface area contributed by atoms with Crippen LogP contribution in [0, 0.1) is 0 Å². The average molecular weight is 209 g/mol. The molecular formula is C7H6Cl2OS. The van der Waals surface area contributed by atoms with E-state index in [1.165, 1.54) is 11.3 Å². The highest BCUT2D eigenvalue weighted by atomic mass is 35.5. The van der Waals surface area contributed by atoms with E-state index in [4.69, 9.17) is 23.2 Å². The highest BCUT2D eigenvalue weighted by Gasteiger charge is 2.12. The molecule has 0 aromatic carbocycles. The Bertz CT molecular complexity index is 280. The molecule has 0 aliphatic carbocycles. The highest BCUT2D eigenvalue weighted by molar-refractivity contribution is 7.13. The summed E-state index contributed by atoms with van der Waals surface area (Å²) in [6, 6.07) is 0. The Hall–Kier alpha value is -0.0500. The van der Waals surface area contributed by atoms with Crippen LogP contribution in [0.3, 0.4) is 0 Å². The topological polar surface area (TPSA) is 17.1 Å². The van der Waals surface area contributed by atoms with Crippen LogP contribution in [-0.2, 0) is 0 Å². The molecule has 0 amide bonds. The first-order valence-corrected chi connectivity index (χ1v) is 4.76. The molecule has 0 saturated heterocycles. The van der Waals surface area contributed by atoms with Gasteiger partial charge in [0, 0.05) is 11.8 Å². The lowest BCUT2D eigenvalue weighted by Crippen LogP contribution is -1.92. The number of Topliss-reactive ketones (excluding diaryl/α,β-unsaturated/α-hetero) is 1.